The van der Waals surface area contributed by atoms with Crippen molar-refractivity contribution in [2.45, 2.75) is 13.0 Å². The van der Waals surface area contributed by atoms with Crippen LogP contribution in [0.1, 0.15) is 20.1 Å². The van der Waals surface area contributed by atoms with Crippen molar-refractivity contribution in [3.8, 4) is 12.3 Å². The van der Waals surface area contributed by atoms with Gasteiger partial charge in [0, 0.05) is 32.1 Å². The van der Waals surface area contributed by atoms with Crippen molar-refractivity contribution in [1.29, 1.82) is 0 Å². The minimum Gasteiger partial charge on any atom is -0.370 e. The topological polar surface area (TPSA) is 123 Å². The fraction of sp³-hybridized carbons (Fsp3) is 0.348. The van der Waals surface area contributed by atoms with E-state index in [1.54, 1.807) is 35.2 Å². The van der Waals surface area contributed by atoms with E-state index in [9.17, 15) is 18.9 Å². The van der Waals surface area contributed by atoms with E-state index in [0.717, 1.165) is 16.9 Å². The highest BCUT2D eigenvalue weighted by molar-refractivity contribution is 7.53. The molecule has 2 heterocycles. The predicted molar refractivity (Wildman–Crippen MR) is 133 cm³/mol. The zero-order valence-electron chi connectivity index (χ0n) is 19.5. The van der Waals surface area contributed by atoms with E-state index in [1.807, 2.05) is 6.92 Å². The first-order valence-electron chi connectivity index (χ1n) is 10.6. The Kier molecular flexibility index (Phi) is 8.83. The second kappa shape index (κ2) is 11.6. The Morgan fingerprint density at radius 3 is 2.63 bits per heavy atom. The fourth-order valence-electron chi connectivity index (χ4n) is 3.45. The molecule has 1 aliphatic heterocycles. The van der Waals surface area contributed by atoms with Crippen molar-refractivity contribution in [3.05, 3.63) is 45.6 Å². The Hall–Kier alpha value is -3.00. The van der Waals surface area contributed by atoms with Crippen LogP contribution in [0.3, 0.4) is 0 Å². The second-order valence-electron chi connectivity index (χ2n) is 7.58. The summed E-state index contributed by atoms with van der Waals surface area (Å²) in [6, 6.07) is 7.01. The summed E-state index contributed by atoms with van der Waals surface area (Å²) in [5.74, 6) is 1.14. The number of hydrogen-bond acceptors (Lipinski definition) is 8. The Bertz CT molecular complexity index is 1200. The molecule has 0 aliphatic carbocycles. The zero-order chi connectivity index (χ0) is 25.6. The largest absolute Gasteiger partial charge is 0.370 e. The first kappa shape index (κ1) is 26.6. The minimum absolute atomic E-state index is 0.0193. The average molecular weight is 520 g/mol. The van der Waals surface area contributed by atoms with Gasteiger partial charge in [0.2, 0.25) is 5.91 Å². The fourth-order valence-corrected chi connectivity index (χ4v) is 5.32. The highest BCUT2D eigenvalue weighted by Crippen LogP contribution is 2.46. The number of terminal acetylenes is 1. The molecular weight excluding hydrogens is 493 g/mol. The number of hydrogen-bond donors (Lipinski definition) is 2. The van der Waals surface area contributed by atoms with Gasteiger partial charge >= 0.3 is 7.60 Å². The van der Waals surface area contributed by atoms with Gasteiger partial charge in [-0.3, -0.25) is 18.9 Å². The SMILES string of the molecule is C#Cc1ccc(C(=O)NC(CP(=O)(OC)OC)C(=O)Nc2ccc(N3CCOCC3=O)c(C)c2)s1. The van der Waals surface area contributed by atoms with Gasteiger partial charge in [0.1, 0.15) is 12.6 Å². The Morgan fingerprint density at radius 2 is 2.03 bits per heavy atom. The highest BCUT2D eigenvalue weighted by atomic mass is 32.1. The number of thiophene rings is 1. The standard InChI is InChI=1S/C23H26N3O7PS/c1-5-17-7-9-20(35-17)23(29)25-18(14-34(30,31-3)32-4)22(28)24-16-6-8-19(15(2)12-16)26-10-11-33-13-21(26)27/h1,6-9,12,18H,10-11,13-14H2,2-4H3,(H,24,28)(H,25,29). The maximum Gasteiger partial charge on any atom is 0.332 e. The summed E-state index contributed by atoms with van der Waals surface area (Å²) in [5.41, 5.74) is 1.91. The molecule has 0 spiro atoms. The molecule has 1 fully saturated rings. The van der Waals surface area contributed by atoms with Crippen LogP contribution in [0, 0.1) is 19.3 Å². The van der Waals surface area contributed by atoms with E-state index in [-0.39, 0.29) is 18.7 Å². The number of rotatable bonds is 9. The summed E-state index contributed by atoms with van der Waals surface area (Å²) in [6.07, 6.45) is 4.98. The number of nitrogens with one attached hydrogen (secondary N) is 2. The van der Waals surface area contributed by atoms with Gasteiger partial charge in [0.25, 0.3) is 11.8 Å². The van der Waals surface area contributed by atoms with Gasteiger partial charge in [-0.15, -0.1) is 17.8 Å². The van der Waals surface area contributed by atoms with E-state index in [2.05, 4.69) is 16.6 Å². The number of amides is 3. The lowest BCUT2D eigenvalue weighted by Gasteiger charge is -2.28. The van der Waals surface area contributed by atoms with E-state index >= 15 is 0 Å². The molecule has 2 aromatic rings. The van der Waals surface area contributed by atoms with E-state index < -0.39 is 25.5 Å². The maximum atomic E-state index is 13.1. The highest BCUT2D eigenvalue weighted by Gasteiger charge is 2.33. The summed E-state index contributed by atoms with van der Waals surface area (Å²) in [4.78, 5) is 40.5. The first-order chi connectivity index (χ1) is 16.7. The third-order valence-corrected chi connectivity index (χ3v) is 8.24. The van der Waals surface area contributed by atoms with Crippen LogP contribution < -0.4 is 15.5 Å². The molecule has 1 aromatic heterocycles. The van der Waals surface area contributed by atoms with Crippen LogP contribution in [0.4, 0.5) is 11.4 Å². The van der Waals surface area contributed by atoms with Gasteiger partial charge in [0.15, 0.2) is 0 Å². The maximum absolute atomic E-state index is 13.1. The molecule has 0 bridgehead atoms. The molecule has 0 radical (unpaired) electrons. The molecule has 3 amide bonds. The van der Waals surface area contributed by atoms with E-state index in [4.69, 9.17) is 20.2 Å². The minimum atomic E-state index is -3.65. The van der Waals surface area contributed by atoms with Crippen molar-refractivity contribution >= 4 is 48.0 Å². The number of nitrogens with zero attached hydrogens (tertiary/aromatic N) is 1. The molecule has 186 valence electrons. The first-order valence-corrected chi connectivity index (χ1v) is 13.1. The third kappa shape index (κ3) is 6.57. The van der Waals surface area contributed by atoms with Gasteiger partial charge in [-0.25, -0.2) is 0 Å². The molecule has 35 heavy (non-hydrogen) atoms. The lowest BCUT2D eigenvalue weighted by atomic mass is 10.1. The van der Waals surface area contributed by atoms with Crippen LogP contribution >= 0.6 is 18.9 Å². The summed E-state index contributed by atoms with van der Waals surface area (Å²) < 4.78 is 27.9. The number of anilines is 2. The van der Waals surface area contributed by atoms with Crippen LogP contribution in [0.2, 0.25) is 0 Å². The molecule has 3 rings (SSSR count). The molecule has 1 atom stereocenters. The molecule has 12 heteroatoms. The van der Waals surface area contributed by atoms with Crippen LogP contribution in [0.5, 0.6) is 0 Å². The van der Waals surface area contributed by atoms with Crippen LogP contribution in [-0.4, -0.2) is 63.9 Å². The van der Waals surface area contributed by atoms with Crippen molar-refractivity contribution in [1.82, 2.24) is 5.32 Å². The number of morpholine rings is 1. The molecule has 10 nitrogen and oxygen atoms in total. The molecule has 2 N–H and O–H groups in total. The van der Waals surface area contributed by atoms with Crippen LogP contribution in [-0.2, 0) is 27.9 Å². The molecular formula is C23H26N3O7PS. The number of carbonyl (C=O) groups is 3. The van der Waals surface area contributed by atoms with Gasteiger partial charge < -0.3 is 29.3 Å². The summed E-state index contributed by atoms with van der Waals surface area (Å²) in [6.45, 7) is 2.71. The van der Waals surface area contributed by atoms with Crippen LogP contribution in [0.15, 0.2) is 30.3 Å². The van der Waals surface area contributed by atoms with Crippen molar-refractivity contribution in [3.63, 3.8) is 0 Å². The lowest BCUT2D eigenvalue weighted by Crippen LogP contribution is -2.46. The monoisotopic (exact) mass is 519 g/mol. The Morgan fingerprint density at radius 1 is 1.29 bits per heavy atom. The quantitative estimate of drug-likeness (QED) is 0.386. The number of aryl methyl sites for hydroxylation is 1. The number of ether oxygens (including phenoxy) is 1. The smallest absolute Gasteiger partial charge is 0.332 e. The predicted octanol–water partition coefficient (Wildman–Crippen LogP) is 2.62. The van der Waals surface area contributed by atoms with E-state index in [1.165, 1.54) is 14.2 Å². The van der Waals surface area contributed by atoms with Crippen LogP contribution in [0.25, 0.3) is 0 Å². The summed E-state index contributed by atoms with van der Waals surface area (Å²) >= 11 is 1.09. The molecule has 1 saturated heterocycles. The van der Waals surface area contributed by atoms with Gasteiger partial charge in [-0.2, -0.15) is 0 Å². The second-order valence-corrected chi connectivity index (χ2v) is 11.0. The normalized spacial score (nSPS) is 14.8. The van der Waals surface area contributed by atoms with Gasteiger partial charge in [0.05, 0.1) is 22.5 Å². The molecule has 1 aromatic carbocycles. The Balaban J connectivity index is 1.79. The Labute approximate surface area is 207 Å². The number of benzene rings is 1. The molecule has 1 aliphatic rings. The van der Waals surface area contributed by atoms with Crippen molar-refractivity contribution in [2.75, 3.05) is 50.4 Å². The molecule has 0 saturated carbocycles. The summed E-state index contributed by atoms with van der Waals surface area (Å²) in [5, 5.41) is 5.32. The van der Waals surface area contributed by atoms with Gasteiger partial charge in [-0.05, 0) is 42.8 Å². The van der Waals surface area contributed by atoms with Crippen molar-refractivity contribution in [2.24, 2.45) is 0 Å². The third-order valence-electron chi connectivity index (χ3n) is 5.30. The van der Waals surface area contributed by atoms with Crippen molar-refractivity contribution < 1.29 is 32.7 Å². The lowest BCUT2D eigenvalue weighted by molar-refractivity contribution is -0.125. The van der Waals surface area contributed by atoms with Gasteiger partial charge in [-0.1, -0.05) is 5.92 Å². The molecule has 1 unspecified atom stereocenters. The average Bonchev–Trinajstić information content (AvgIpc) is 3.34. The zero-order valence-corrected chi connectivity index (χ0v) is 21.2. The van der Waals surface area contributed by atoms with E-state index in [0.29, 0.717) is 34.3 Å². The summed E-state index contributed by atoms with van der Waals surface area (Å²) in [7, 11) is -1.24. The number of carbonyl (C=O) groups excluding carboxylic acids is 3.